The first-order valence-corrected chi connectivity index (χ1v) is 4.70. The van der Waals surface area contributed by atoms with E-state index in [2.05, 4.69) is 39.8 Å². The lowest BCUT2D eigenvalue weighted by Crippen LogP contribution is -2.23. The first-order chi connectivity index (χ1) is 5.48. The molecule has 0 bridgehead atoms. The Kier molecular flexibility index (Phi) is 5.51. The van der Waals surface area contributed by atoms with Gasteiger partial charge in [-0.2, -0.15) is 0 Å². The number of nitrogens with zero attached hydrogens (tertiary/aromatic N) is 1. The maximum Gasteiger partial charge on any atom is 0.0593 e. The molecule has 0 heterocycles. The van der Waals surface area contributed by atoms with Gasteiger partial charge >= 0.3 is 0 Å². The summed E-state index contributed by atoms with van der Waals surface area (Å²) in [6.45, 7) is 9.41. The van der Waals surface area contributed by atoms with Gasteiger partial charge in [0.1, 0.15) is 0 Å². The summed E-state index contributed by atoms with van der Waals surface area (Å²) in [5, 5.41) is 0. The van der Waals surface area contributed by atoms with Gasteiger partial charge in [0.25, 0.3) is 0 Å². The Labute approximate surface area is 76.9 Å². The molecule has 0 N–H and O–H groups in total. The largest absolute Gasteiger partial charge is 0.380 e. The highest BCUT2D eigenvalue weighted by Gasteiger charge is 2.14. The molecule has 0 aliphatic rings. The molecule has 12 heavy (non-hydrogen) atoms. The van der Waals surface area contributed by atoms with Gasteiger partial charge in [-0.3, -0.25) is 0 Å². The van der Waals surface area contributed by atoms with E-state index in [4.69, 9.17) is 4.74 Å². The summed E-state index contributed by atoms with van der Waals surface area (Å²) in [7, 11) is 4.13. The average Bonchev–Trinajstić information content (AvgIpc) is 1.98. The molecule has 2 heteroatoms. The van der Waals surface area contributed by atoms with E-state index in [0.29, 0.717) is 5.41 Å². The van der Waals surface area contributed by atoms with Gasteiger partial charge in [0.2, 0.25) is 0 Å². The van der Waals surface area contributed by atoms with Crippen LogP contribution in [0.4, 0.5) is 0 Å². The Hall–Kier alpha value is -0.0800. The van der Waals surface area contributed by atoms with Gasteiger partial charge in [-0.25, -0.2) is 0 Å². The molecule has 2 nitrogen and oxygen atoms in total. The highest BCUT2D eigenvalue weighted by Crippen LogP contribution is 2.19. The fourth-order valence-electron chi connectivity index (χ4n) is 0.698. The molecule has 0 radical (unpaired) electrons. The van der Waals surface area contributed by atoms with Crippen LogP contribution < -0.4 is 0 Å². The number of ether oxygens (including phenoxy) is 1. The fourth-order valence-corrected chi connectivity index (χ4v) is 0.698. The quantitative estimate of drug-likeness (QED) is 0.570. The Morgan fingerprint density at radius 1 is 1.25 bits per heavy atom. The zero-order chi connectivity index (χ0) is 9.61. The van der Waals surface area contributed by atoms with Crippen LogP contribution in [0.25, 0.3) is 0 Å². The van der Waals surface area contributed by atoms with Crippen molar-refractivity contribution in [2.75, 3.05) is 33.9 Å². The van der Waals surface area contributed by atoms with Crippen LogP contribution in [0.2, 0.25) is 0 Å². The predicted octanol–water partition coefficient (Wildman–Crippen LogP) is 2.00. The number of hydrogen-bond acceptors (Lipinski definition) is 2. The average molecular weight is 173 g/mol. The highest BCUT2D eigenvalue weighted by molar-refractivity contribution is 4.64. The summed E-state index contributed by atoms with van der Waals surface area (Å²) < 4.78 is 5.56. The van der Waals surface area contributed by atoms with E-state index < -0.39 is 0 Å². The van der Waals surface area contributed by atoms with Crippen molar-refractivity contribution in [3.8, 4) is 0 Å². The molecule has 0 aromatic rings. The molecular weight excluding hydrogens is 150 g/mol. The van der Waals surface area contributed by atoms with Crippen molar-refractivity contribution in [1.29, 1.82) is 0 Å². The van der Waals surface area contributed by atoms with Crippen molar-refractivity contribution in [3.63, 3.8) is 0 Å². The first kappa shape index (κ1) is 11.9. The third-order valence-electron chi connectivity index (χ3n) is 2.13. The van der Waals surface area contributed by atoms with Crippen LogP contribution >= 0.6 is 0 Å². The van der Waals surface area contributed by atoms with Crippen molar-refractivity contribution in [3.05, 3.63) is 0 Å². The van der Waals surface area contributed by atoms with Crippen molar-refractivity contribution < 1.29 is 4.74 Å². The molecule has 0 unspecified atom stereocenters. The lowest BCUT2D eigenvalue weighted by Gasteiger charge is -2.22. The van der Waals surface area contributed by atoms with Gasteiger partial charge in [-0.15, -0.1) is 0 Å². The van der Waals surface area contributed by atoms with Gasteiger partial charge in [0.05, 0.1) is 13.2 Å². The van der Waals surface area contributed by atoms with Crippen molar-refractivity contribution in [2.24, 2.45) is 5.41 Å². The molecule has 0 aromatic heterocycles. The molecule has 0 fully saturated rings. The maximum atomic E-state index is 5.56. The summed E-state index contributed by atoms with van der Waals surface area (Å²) in [6.07, 6.45) is 1.18. The van der Waals surface area contributed by atoms with Gasteiger partial charge in [-0.05, 0) is 25.9 Å². The predicted molar refractivity (Wildman–Crippen MR) is 53.4 cm³/mol. The minimum Gasteiger partial charge on any atom is -0.380 e. The lowest BCUT2D eigenvalue weighted by molar-refractivity contribution is 0.0521. The van der Waals surface area contributed by atoms with E-state index in [1.165, 1.54) is 6.42 Å². The van der Waals surface area contributed by atoms with E-state index in [1.54, 1.807) is 0 Å². The molecule has 74 valence electrons. The molecule has 0 rings (SSSR count). The Balaban J connectivity index is 3.31. The van der Waals surface area contributed by atoms with Crippen LogP contribution in [0.15, 0.2) is 0 Å². The summed E-state index contributed by atoms with van der Waals surface area (Å²) in [5.74, 6) is 0. The van der Waals surface area contributed by atoms with E-state index >= 15 is 0 Å². The highest BCUT2D eigenvalue weighted by atomic mass is 16.5. The zero-order valence-corrected chi connectivity index (χ0v) is 9.18. The van der Waals surface area contributed by atoms with Crippen LogP contribution in [0, 0.1) is 5.41 Å². The molecule has 0 aliphatic carbocycles. The van der Waals surface area contributed by atoms with E-state index in [0.717, 1.165) is 19.8 Å². The Morgan fingerprint density at radius 2 is 1.83 bits per heavy atom. The van der Waals surface area contributed by atoms with E-state index in [1.807, 2.05) is 0 Å². The zero-order valence-electron chi connectivity index (χ0n) is 9.18. The standard InChI is InChI=1S/C10H23NO/c1-6-10(2,3)9-12-8-7-11(4)5/h6-9H2,1-5H3. The molecule has 0 atom stereocenters. The van der Waals surface area contributed by atoms with Crippen LogP contribution in [0.3, 0.4) is 0 Å². The number of rotatable bonds is 6. The lowest BCUT2D eigenvalue weighted by atomic mass is 9.92. The van der Waals surface area contributed by atoms with Crippen molar-refractivity contribution in [1.82, 2.24) is 4.90 Å². The van der Waals surface area contributed by atoms with Gasteiger partial charge < -0.3 is 9.64 Å². The summed E-state index contributed by atoms with van der Waals surface area (Å²) >= 11 is 0. The van der Waals surface area contributed by atoms with Crippen molar-refractivity contribution >= 4 is 0 Å². The van der Waals surface area contributed by atoms with E-state index in [-0.39, 0.29) is 0 Å². The van der Waals surface area contributed by atoms with Crippen LogP contribution in [0.5, 0.6) is 0 Å². The van der Waals surface area contributed by atoms with Gasteiger partial charge in [0, 0.05) is 6.54 Å². The number of hydrogen-bond donors (Lipinski definition) is 0. The molecule has 0 spiro atoms. The van der Waals surface area contributed by atoms with Crippen molar-refractivity contribution in [2.45, 2.75) is 27.2 Å². The summed E-state index contributed by atoms with van der Waals surface area (Å²) in [5.41, 5.74) is 0.340. The normalized spacial score (nSPS) is 12.5. The molecule has 0 saturated carbocycles. The SMILES string of the molecule is CCC(C)(C)COCCN(C)C. The molecule has 0 amide bonds. The van der Waals surface area contributed by atoms with Gasteiger partial charge in [-0.1, -0.05) is 20.8 Å². The Bertz CT molecular complexity index is 110. The van der Waals surface area contributed by atoms with Crippen LogP contribution in [0.1, 0.15) is 27.2 Å². The van der Waals surface area contributed by atoms with Crippen LogP contribution in [-0.4, -0.2) is 38.8 Å². The fraction of sp³-hybridized carbons (Fsp3) is 1.00. The summed E-state index contributed by atoms with van der Waals surface area (Å²) in [6, 6.07) is 0. The molecule has 0 saturated heterocycles. The third-order valence-corrected chi connectivity index (χ3v) is 2.13. The second-order valence-electron chi connectivity index (χ2n) is 4.37. The minimum atomic E-state index is 0.340. The minimum absolute atomic E-state index is 0.340. The number of likely N-dealkylation sites (N-methyl/N-ethyl adjacent to an activating group) is 1. The topological polar surface area (TPSA) is 12.5 Å². The first-order valence-electron chi connectivity index (χ1n) is 4.70. The maximum absolute atomic E-state index is 5.56. The third kappa shape index (κ3) is 6.62. The molecular formula is C10H23NO. The smallest absolute Gasteiger partial charge is 0.0593 e. The molecule has 0 aromatic carbocycles. The van der Waals surface area contributed by atoms with E-state index in [9.17, 15) is 0 Å². The second kappa shape index (κ2) is 5.55. The monoisotopic (exact) mass is 173 g/mol. The second-order valence-corrected chi connectivity index (χ2v) is 4.37. The molecule has 0 aliphatic heterocycles. The van der Waals surface area contributed by atoms with Crippen LogP contribution in [-0.2, 0) is 4.74 Å². The van der Waals surface area contributed by atoms with Gasteiger partial charge in [0.15, 0.2) is 0 Å². The summed E-state index contributed by atoms with van der Waals surface area (Å²) in [4.78, 5) is 2.14. The Morgan fingerprint density at radius 3 is 2.25 bits per heavy atom.